The highest BCUT2D eigenvalue weighted by Gasteiger charge is 2.36. The van der Waals surface area contributed by atoms with Gasteiger partial charge in [-0.25, -0.2) is 0 Å². The van der Waals surface area contributed by atoms with Crippen LogP contribution in [0.1, 0.15) is 30.5 Å². The molecule has 0 amide bonds. The van der Waals surface area contributed by atoms with E-state index in [1.165, 1.54) is 71.6 Å². The largest absolute Gasteiger partial charge is 0.456 e. The van der Waals surface area contributed by atoms with E-state index in [1.54, 1.807) is 0 Å². The van der Waals surface area contributed by atoms with Gasteiger partial charge in [0.1, 0.15) is 11.2 Å². The van der Waals surface area contributed by atoms with Gasteiger partial charge in [0, 0.05) is 39.2 Å². The summed E-state index contributed by atoms with van der Waals surface area (Å²) in [5.41, 5.74) is 16.3. The third-order valence-electron chi connectivity index (χ3n) is 12.2. The summed E-state index contributed by atoms with van der Waals surface area (Å²) in [6, 6.07) is 66.6. The third-order valence-corrected chi connectivity index (χ3v) is 12.2. The second kappa shape index (κ2) is 12.3. The monoisotopic (exact) mass is 717 g/mol. The first kappa shape index (κ1) is 32.5. The Bertz CT molecular complexity index is 3190. The highest BCUT2D eigenvalue weighted by Crippen LogP contribution is 2.53. The first-order chi connectivity index (χ1) is 27.4. The van der Waals surface area contributed by atoms with Crippen molar-refractivity contribution in [2.75, 3.05) is 4.90 Å². The van der Waals surface area contributed by atoms with Gasteiger partial charge in [0.25, 0.3) is 0 Å². The third kappa shape index (κ3) is 4.89. The molecule has 1 aliphatic rings. The molecule has 2 heteroatoms. The van der Waals surface area contributed by atoms with E-state index < -0.39 is 0 Å². The van der Waals surface area contributed by atoms with Crippen LogP contribution in [0.2, 0.25) is 0 Å². The molecule has 1 heterocycles. The maximum atomic E-state index is 6.56. The number of aryl methyl sites for hydroxylation is 1. The molecule has 0 N–H and O–H groups in total. The molecule has 0 fully saturated rings. The SMILES string of the molecule is Cc1cc(-c2cccc3ccccc23)cc(-c2cccc3ccccc23)c1N(c1ccc2c(c1)C(C)(C)c1ccccc1-2)c1ccc2c(c1)oc1ccccc12. The van der Waals surface area contributed by atoms with Crippen molar-refractivity contribution in [2.45, 2.75) is 26.2 Å². The van der Waals surface area contributed by atoms with Crippen molar-refractivity contribution in [3.8, 4) is 33.4 Å². The van der Waals surface area contributed by atoms with Gasteiger partial charge in [-0.15, -0.1) is 0 Å². The zero-order valence-electron chi connectivity index (χ0n) is 31.7. The molecule has 9 aromatic carbocycles. The highest BCUT2D eigenvalue weighted by molar-refractivity contribution is 6.08. The minimum atomic E-state index is -0.151. The van der Waals surface area contributed by atoms with E-state index in [0.717, 1.165) is 39.0 Å². The van der Waals surface area contributed by atoms with E-state index >= 15 is 0 Å². The lowest BCUT2D eigenvalue weighted by molar-refractivity contribution is 0.660. The number of para-hydroxylation sites is 1. The van der Waals surface area contributed by atoms with Crippen molar-refractivity contribution >= 4 is 60.5 Å². The minimum Gasteiger partial charge on any atom is -0.456 e. The fraction of sp³-hybridized carbons (Fsp3) is 0.0741. The summed E-state index contributed by atoms with van der Waals surface area (Å²) in [7, 11) is 0. The lowest BCUT2D eigenvalue weighted by Gasteiger charge is -2.32. The van der Waals surface area contributed by atoms with Crippen LogP contribution in [0.3, 0.4) is 0 Å². The topological polar surface area (TPSA) is 16.4 Å². The number of anilines is 3. The minimum absolute atomic E-state index is 0.151. The van der Waals surface area contributed by atoms with Crippen LogP contribution in [0, 0.1) is 6.92 Å². The molecular formula is C54H39NO. The van der Waals surface area contributed by atoms with Crippen LogP contribution in [-0.4, -0.2) is 0 Å². The van der Waals surface area contributed by atoms with Gasteiger partial charge < -0.3 is 9.32 Å². The Hall–Kier alpha value is -6.90. The van der Waals surface area contributed by atoms with Gasteiger partial charge in [0.05, 0.1) is 5.69 Å². The number of furan rings is 1. The molecule has 0 radical (unpaired) electrons. The maximum Gasteiger partial charge on any atom is 0.137 e. The van der Waals surface area contributed by atoms with E-state index in [2.05, 4.69) is 202 Å². The van der Waals surface area contributed by atoms with Crippen LogP contribution in [-0.2, 0) is 5.41 Å². The number of hydrogen-bond donors (Lipinski definition) is 0. The second-order valence-electron chi connectivity index (χ2n) is 15.8. The summed E-state index contributed by atoms with van der Waals surface area (Å²) in [5.74, 6) is 0. The molecule has 0 atom stereocenters. The molecule has 11 rings (SSSR count). The molecule has 2 nitrogen and oxygen atoms in total. The average Bonchev–Trinajstić information content (AvgIpc) is 3.72. The zero-order chi connectivity index (χ0) is 37.5. The van der Waals surface area contributed by atoms with Crippen LogP contribution in [0.5, 0.6) is 0 Å². The smallest absolute Gasteiger partial charge is 0.137 e. The Kier molecular flexibility index (Phi) is 7.15. The second-order valence-corrected chi connectivity index (χ2v) is 15.8. The zero-order valence-corrected chi connectivity index (χ0v) is 31.7. The molecule has 10 aromatic rings. The number of hydrogen-bond acceptors (Lipinski definition) is 2. The first-order valence-corrected chi connectivity index (χ1v) is 19.5. The van der Waals surface area contributed by atoms with Crippen LogP contribution in [0.4, 0.5) is 17.1 Å². The van der Waals surface area contributed by atoms with Gasteiger partial charge in [-0.2, -0.15) is 0 Å². The average molecular weight is 718 g/mol. The van der Waals surface area contributed by atoms with Gasteiger partial charge in [0.2, 0.25) is 0 Å². The number of nitrogens with zero attached hydrogens (tertiary/aromatic N) is 1. The van der Waals surface area contributed by atoms with E-state index in [0.29, 0.717) is 0 Å². The Morgan fingerprint density at radius 3 is 1.79 bits per heavy atom. The summed E-state index contributed by atoms with van der Waals surface area (Å²) in [6.45, 7) is 6.99. The number of benzene rings is 9. The predicted molar refractivity (Wildman–Crippen MR) is 237 cm³/mol. The summed E-state index contributed by atoms with van der Waals surface area (Å²) in [4.78, 5) is 2.48. The number of rotatable bonds is 5. The van der Waals surface area contributed by atoms with Crippen molar-refractivity contribution in [3.63, 3.8) is 0 Å². The van der Waals surface area contributed by atoms with Gasteiger partial charge in [-0.1, -0.05) is 147 Å². The van der Waals surface area contributed by atoms with Gasteiger partial charge in [0.15, 0.2) is 0 Å². The predicted octanol–water partition coefficient (Wildman–Crippen LogP) is 15.3. The van der Waals surface area contributed by atoms with E-state index in [1.807, 2.05) is 6.07 Å². The van der Waals surface area contributed by atoms with E-state index in [4.69, 9.17) is 4.42 Å². The summed E-state index contributed by atoms with van der Waals surface area (Å²) >= 11 is 0. The van der Waals surface area contributed by atoms with Gasteiger partial charge >= 0.3 is 0 Å². The molecular weight excluding hydrogens is 679 g/mol. The van der Waals surface area contributed by atoms with Crippen molar-refractivity contribution in [3.05, 3.63) is 199 Å². The normalized spacial score (nSPS) is 13.1. The number of fused-ring (bicyclic) bond motifs is 8. The lowest BCUT2D eigenvalue weighted by Crippen LogP contribution is -2.17. The summed E-state index contributed by atoms with van der Waals surface area (Å²) in [6.07, 6.45) is 0. The van der Waals surface area contributed by atoms with Crippen LogP contribution < -0.4 is 4.90 Å². The Balaban J connectivity index is 1.22. The molecule has 0 aliphatic heterocycles. The fourth-order valence-electron chi connectivity index (χ4n) is 9.47. The molecule has 266 valence electrons. The fourth-order valence-corrected chi connectivity index (χ4v) is 9.47. The molecule has 0 unspecified atom stereocenters. The first-order valence-electron chi connectivity index (χ1n) is 19.5. The standard InChI is InChI=1S/C54H39NO/c1-34-30-37(42-22-12-16-35-14-4-6-18-40(35)42)31-48(43-23-13-17-36-15-5-7-19-41(36)43)53(34)55(39-27-29-47-46-21-9-11-25-51(46)56-52(47)33-39)38-26-28-45-44-20-8-10-24-49(44)54(2,3)50(45)32-38/h4-33H,1-3H3. The van der Waals surface area contributed by atoms with Gasteiger partial charge in [-0.05, 0) is 115 Å². The van der Waals surface area contributed by atoms with Crippen molar-refractivity contribution in [1.82, 2.24) is 0 Å². The Morgan fingerprint density at radius 1 is 0.411 bits per heavy atom. The van der Waals surface area contributed by atoms with Crippen LogP contribution >= 0.6 is 0 Å². The molecule has 56 heavy (non-hydrogen) atoms. The molecule has 0 bridgehead atoms. The lowest BCUT2D eigenvalue weighted by atomic mass is 9.82. The molecule has 0 saturated carbocycles. The van der Waals surface area contributed by atoms with Crippen LogP contribution in [0.25, 0.3) is 76.9 Å². The molecule has 1 aliphatic carbocycles. The Morgan fingerprint density at radius 2 is 0.982 bits per heavy atom. The summed E-state index contributed by atoms with van der Waals surface area (Å²) in [5, 5.41) is 7.18. The molecule has 0 spiro atoms. The van der Waals surface area contributed by atoms with Gasteiger partial charge in [-0.3, -0.25) is 0 Å². The molecule has 0 saturated heterocycles. The van der Waals surface area contributed by atoms with Crippen molar-refractivity contribution in [2.24, 2.45) is 0 Å². The van der Waals surface area contributed by atoms with Crippen molar-refractivity contribution < 1.29 is 4.42 Å². The van der Waals surface area contributed by atoms with Crippen LogP contribution in [0.15, 0.2) is 186 Å². The quantitative estimate of drug-likeness (QED) is 0.176. The van der Waals surface area contributed by atoms with Crippen molar-refractivity contribution in [1.29, 1.82) is 0 Å². The van der Waals surface area contributed by atoms with E-state index in [-0.39, 0.29) is 5.41 Å². The highest BCUT2D eigenvalue weighted by atomic mass is 16.3. The van der Waals surface area contributed by atoms with E-state index in [9.17, 15) is 0 Å². The summed E-state index contributed by atoms with van der Waals surface area (Å²) < 4.78 is 6.56. The molecule has 1 aromatic heterocycles. The Labute approximate surface area is 326 Å². The maximum absolute atomic E-state index is 6.56.